The second kappa shape index (κ2) is 10.0. The first-order valence-corrected chi connectivity index (χ1v) is 14.4. The van der Waals surface area contributed by atoms with E-state index in [1.165, 1.54) is 0 Å². The minimum absolute atomic E-state index is 0.0219. The van der Waals surface area contributed by atoms with Crippen LogP contribution >= 0.6 is 22.6 Å². The predicted octanol–water partition coefficient (Wildman–Crippen LogP) is 4.31. The Morgan fingerprint density at radius 1 is 1.06 bits per heavy atom. The van der Waals surface area contributed by atoms with Gasteiger partial charge in [0.05, 0.1) is 16.6 Å². The summed E-state index contributed by atoms with van der Waals surface area (Å²) in [6, 6.07) is 13.0. The number of hydrogen-bond donors (Lipinski definition) is 1. The Bertz CT molecular complexity index is 1270. The second-order valence-electron chi connectivity index (χ2n) is 9.31. The summed E-state index contributed by atoms with van der Waals surface area (Å²) in [6.07, 6.45) is 6.03. The van der Waals surface area contributed by atoms with Crippen LogP contribution < -0.4 is 0 Å². The van der Waals surface area contributed by atoms with Gasteiger partial charge in [0.15, 0.2) is 5.78 Å². The van der Waals surface area contributed by atoms with Gasteiger partial charge in [-0.1, -0.05) is 12.1 Å². The monoisotopic (exact) mass is 592 g/mol. The Morgan fingerprint density at radius 3 is 2.59 bits per heavy atom. The summed E-state index contributed by atoms with van der Waals surface area (Å²) in [6.45, 7) is 3.20. The maximum absolute atomic E-state index is 13.4. The molecule has 0 aliphatic carbocycles. The van der Waals surface area contributed by atoms with Crippen LogP contribution in [0.3, 0.4) is 0 Å². The highest BCUT2D eigenvalue weighted by atomic mass is 127. The van der Waals surface area contributed by atoms with Gasteiger partial charge in [0, 0.05) is 33.0 Å². The van der Waals surface area contributed by atoms with Gasteiger partial charge >= 0.3 is 0 Å². The van der Waals surface area contributed by atoms with Crippen molar-refractivity contribution in [3.05, 3.63) is 57.8 Å². The van der Waals surface area contributed by atoms with Crippen LogP contribution in [0.25, 0.3) is 10.9 Å². The number of piperidine rings is 1. The number of carbonyl (C=O) groups excluding carboxylic acids is 1. The number of nitrogens with zero attached hydrogens (tertiary/aromatic N) is 3. The minimum atomic E-state index is -3.54. The molecule has 0 amide bonds. The highest BCUT2D eigenvalue weighted by Gasteiger charge is 2.36. The van der Waals surface area contributed by atoms with E-state index in [2.05, 4.69) is 37.7 Å². The van der Waals surface area contributed by atoms with E-state index in [0.717, 1.165) is 71.8 Å². The van der Waals surface area contributed by atoms with Crippen molar-refractivity contribution in [1.82, 2.24) is 19.4 Å². The molecular formula is C25H29IN4O3S. The van der Waals surface area contributed by atoms with E-state index in [1.54, 1.807) is 28.7 Å². The topological polar surface area (TPSA) is 86.4 Å². The molecule has 0 radical (unpaired) electrons. The molecule has 1 aromatic heterocycles. The van der Waals surface area contributed by atoms with Gasteiger partial charge in [-0.25, -0.2) is 8.42 Å². The van der Waals surface area contributed by atoms with Crippen LogP contribution in [0.15, 0.2) is 53.6 Å². The quantitative estimate of drug-likeness (QED) is 0.327. The van der Waals surface area contributed by atoms with Crippen molar-refractivity contribution >= 4 is 49.3 Å². The van der Waals surface area contributed by atoms with Crippen LogP contribution in [0.1, 0.15) is 42.5 Å². The molecule has 5 rings (SSSR count). The molecule has 2 fully saturated rings. The number of aromatic amines is 1. The van der Waals surface area contributed by atoms with Crippen LogP contribution in [0, 0.1) is 9.49 Å². The molecule has 2 aromatic carbocycles. The molecule has 2 aliphatic rings. The number of Topliss-reactive ketones (excluding diaryl/α,β-unsaturated/α-hetero) is 1. The van der Waals surface area contributed by atoms with Gasteiger partial charge in [-0.05, 0) is 105 Å². The molecule has 3 aromatic rings. The lowest BCUT2D eigenvalue weighted by Crippen LogP contribution is -2.41. The highest BCUT2D eigenvalue weighted by Crippen LogP contribution is 2.30. The van der Waals surface area contributed by atoms with Crippen molar-refractivity contribution in [3.8, 4) is 0 Å². The molecule has 0 bridgehead atoms. The summed E-state index contributed by atoms with van der Waals surface area (Å²) in [7, 11) is -3.54. The normalized spacial score (nSPS) is 20.8. The highest BCUT2D eigenvalue weighted by molar-refractivity contribution is 14.1. The van der Waals surface area contributed by atoms with Crippen molar-refractivity contribution < 1.29 is 13.2 Å². The van der Waals surface area contributed by atoms with Crippen LogP contribution in [0.5, 0.6) is 0 Å². The van der Waals surface area contributed by atoms with E-state index in [0.29, 0.717) is 11.4 Å². The molecule has 1 N–H and O–H groups in total. The zero-order valence-electron chi connectivity index (χ0n) is 19.0. The fourth-order valence-corrected chi connectivity index (χ4v) is 7.34. The van der Waals surface area contributed by atoms with Gasteiger partial charge in [0.25, 0.3) is 0 Å². The van der Waals surface area contributed by atoms with Crippen LogP contribution in [0.2, 0.25) is 0 Å². The number of ketones is 1. The average Bonchev–Trinajstić information content (AvgIpc) is 3.52. The van der Waals surface area contributed by atoms with E-state index in [-0.39, 0.29) is 17.7 Å². The van der Waals surface area contributed by atoms with Crippen LogP contribution in [-0.4, -0.2) is 65.8 Å². The zero-order chi connectivity index (χ0) is 23.7. The molecule has 34 heavy (non-hydrogen) atoms. The Hall–Kier alpha value is -1.82. The number of rotatable bonds is 7. The number of aromatic nitrogens is 2. The SMILES string of the molecule is O=C(c1ccc(I)cc1)C1CCN(CC[C@H]2CCCN2S(=O)(=O)c2ccc3cn[nH]c3c2)CC1. The zero-order valence-corrected chi connectivity index (χ0v) is 22.0. The molecule has 1 atom stereocenters. The summed E-state index contributed by atoms with van der Waals surface area (Å²) in [5.74, 6) is 0.329. The standard InChI is InChI=1S/C25H29IN4O3S/c26-21-6-3-18(4-7-21)25(31)19-9-13-29(14-10-19)15-11-22-2-1-12-30(22)34(32,33)23-8-5-20-17-27-28-24(20)16-23/h3-8,16-17,19,22H,1-2,9-15H2,(H,27,28)/t22-/m1/s1. The number of likely N-dealkylation sites (tertiary alicyclic amines) is 1. The van der Waals surface area contributed by atoms with Crippen molar-refractivity contribution in [2.75, 3.05) is 26.2 Å². The number of sulfonamides is 1. The number of fused-ring (bicyclic) bond motifs is 1. The molecule has 2 aliphatic heterocycles. The molecule has 9 heteroatoms. The number of H-pyrrole nitrogens is 1. The summed E-state index contributed by atoms with van der Waals surface area (Å²) in [5.41, 5.74) is 1.54. The number of halogens is 1. The third-order valence-electron chi connectivity index (χ3n) is 7.21. The average molecular weight is 593 g/mol. The Morgan fingerprint density at radius 2 is 1.82 bits per heavy atom. The maximum Gasteiger partial charge on any atom is 0.243 e. The number of carbonyl (C=O) groups is 1. The van der Waals surface area contributed by atoms with Crippen molar-refractivity contribution in [1.29, 1.82) is 0 Å². The number of nitrogens with one attached hydrogen (secondary N) is 1. The largest absolute Gasteiger partial charge is 0.303 e. The summed E-state index contributed by atoms with van der Waals surface area (Å²) >= 11 is 2.25. The van der Waals surface area contributed by atoms with Gasteiger partial charge in [-0.15, -0.1) is 0 Å². The van der Waals surface area contributed by atoms with Gasteiger partial charge in [0.1, 0.15) is 0 Å². The summed E-state index contributed by atoms with van der Waals surface area (Å²) in [4.78, 5) is 15.5. The first-order valence-electron chi connectivity index (χ1n) is 11.9. The van der Waals surface area contributed by atoms with E-state index in [9.17, 15) is 13.2 Å². The molecule has 0 saturated carbocycles. The lowest BCUT2D eigenvalue weighted by atomic mass is 9.89. The van der Waals surface area contributed by atoms with E-state index >= 15 is 0 Å². The molecule has 0 unspecified atom stereocenters. The minimum Gasteiger partial charge on any atom is -0.303 e. The van der Waals surface area contributed by atoms with Gasteiger partial charge in [0.2, 0.25) is 10.0 Å². The van der Waals surface area contributed by atoms with Crippen molar-refractivity contribution in [2.45, 2.75) is 43.0 Å². The number of benzene rings is 2. The lowest BCUT2D eigenvalue weighted by molar-refractivity contribution is 0.0835. The first-order chi connectivity index (χ1) is 16.4. The van der Waals surface area contributed by atoms with Gasteiger partial charge in [-0.2, -0.15) is 9.40 Å². The fourth-order valence-electron chi connectivity index (χ4n) is 5.23. The van der Waals surface area contributed by atoms with Crippen LogP contribution in [-0.2, 0) is 10.0 Å². The second-order valence-corrected chi connectivity index (χ2v) is 12.4. The molecule has 180 valence electrons. The molecular weight excluding hydrogens is 563 g/mol. The van der Waals surface area contributed by atoms with E-state index in [1.807, 2.05) is 24.3 Å². The van der Waals surface area contributed by atoms with Crippen LogP contribution in [0.4, 0.5) is 0 Å². The van der Waals surface area contributed by atoms with E-state index < -0.39 is 10.0 Å². The Balaban J connectivity index is 1.17. The first kappa shape index (κ1) is 23.9. The molecule has 2 saturated heterocycles. The summed E-state index contributed by atoms with van der Waals surface area (Å²) in [5, 5.41) is 7.76. The molecule has 3 heterocycles. The van der Waals surface area contributed by atoms with Gasteiger partial charge < -0.3 is 4.90 Å². The summed E-state index contributed by atoms with van der Waals surface area (Å²) < 4.78 is 29.6. The number of hydrogen-bond acceptors (Lipinski definition) is 5. The van der Waals surface area contributed by atoms with Gasteiger partial charge in [-0.3, -0.25) is 9.89 Å². The lowest BCUT2D eigenvalue weighted by Gasteiger charge is -2.33. The maximum atomic E-state index is 13.4. The smallest absolute Gasteiger partial charge is 0.243 e. The fraction of sp³-hybridized carbons (Fsp3) is 0.440. The molecule has 0 spiro atoms. The van der Waals surface area contributed by atoms with Crippen molar-refractivity contribution in [2.24, 2.45) is 5.92 Å². The van der Waals surface area contributed by atoms with Crippen molar-refractivity contribution in [3.63, 3.8) is 0 Å². The third kappa shape index (κ3) is 4.93. The third-order valence-corrected chi connectivity index (χ3v) is 9.88. The van der Waals surface area contributed by atoms with E-state index in [4.69, 9.17) is 0 Å². The molecule has 7 nitrogen and oxygen atoms in total. The Labute approximate surface area is 214 Å². The predicted molar refractivity (Wildman–Crippen MR) is 140 cm³/mol. The Kier molecular flexibility index (Phi) is 7.06.